The summed E-state index contributed by atoms with van der Waals surface area (Å²) in [4.78, 5) is 10.0. The van der Waals surface area contributed by atoms with Crippen LogP contribution in [0.1, 0.15) is 48.5 Å². The predicted octanol–water partition coefficient (Wildman–Crippen LogP) is 3.61. The van der Waals surface area contributed by atoms with E-state index in [0.29, 0.717) is 0 Å². The molecule has 27 heavy (non-hydrogen) atoms. The minimum Gasteiger partial charge on any atom is -0.545 e. The number of carboxylic acid groups (broad SMARTS) is 1. The van der Waals surface area contributed by atoms with Gasteiger partial charge in [0, 0.05) is 18.6 Å². The quantitative estimate of drug-likeness (QED) is 0.249. The van der Waals surface area contributed by atoms with E-state index in [9.17, 15) is 31.9 Å². The normalized spacial score (nSPS) is 10.3. The van der Waals surface area contributed by atoms with E-state index < -0.39 is 40.6 Å². The monoisotopic (exact) mass is 389 g/mol. The molecule has 0 saturated heterocycles. The molecule has 2 rings (SSSR count). The Bertz CT molecular complexity index is 750. The molecule has 0 radical (unpaired) electrons. The van der Waals surface area contributed by atoms with Crippen molar-refractivity contribution in [2.75, 3.05) is 0 Å². The van der Waals surface area contributed by atoms with Gasteiger partial charge in [0.1, 0.15) is 6.54 Å². The Morgan fingerprint density at radius 3 is 1.81 bits per heavy atom. The molecule has 0 bridgehead atoms. The van der Waals surface area contributed by atoms with Gasteiger partial charge in [0.25, 0.3) is 0 Å². The van der Waals surface area contributed by atoms with E-state index in [1.54, 1.807) is 0 Å². The molecular weight excluding hydrogens is 369 g/mol. The Morgan fingerprint density at radius 2 is 1.37 bits per heavy atom. The van der Waals surface area contributed by atoms with Crippen molar-refractivity contribution in [1.82, 2.24) is 0 Å². The fourth-order valence-electron chi connectivity index (χ4n) is 2.19. The van der Waals surface area contributed by atoms with E-state index in [-0.39, 0.29) is 0 Å². The van der Waals surface area contributed by atoms with Crippen LogP contribution in [0.25, 0.3) is 0 Å². The van der Waals surface area contributed by atoms with Crippen LogP contribution in [0.3, 0.4) is 0 Å². The largest absolute Gasteiger partial charge is 0.545 e. The van der Waals surface area contributed by atoms with Gasteiger partial charge in [0.05, 0.1) is 11.5 Å². The summed E-state index contributed by atoms with van der Waals surface area (Å²) in [5.74, 6) is -14.4. The van der Waals surface area contributed by atoms with Crippen LogP contribution >= 0.6 is 0 Å². The average Bonchev–Trinajstić information content (AvgIpc) is 2.64. The van der Waals surface area contributed by atoms with Gasteiger partial charge >= 0.3 is 0 Å². The van der Waals surface area contributed by atoms with Gasteiger partial charge in [-0.25, -0.2) is 26.5 Å². The van der Waals surface area contributed by atoms with Crippen LogP contribution in [0.15, 0.2) is 24.5 Å². The van der Waals surface area contributed by atoms with Crippen molar-refractivity contribution < 1.29 is 36.4 Å². The lowest BCUT2D eigenvalue weighted by atomic mass is 10.1. The number of nitrogens with zero attached hydrogens (tertiary/aromatic N) is 1. The number of aromatic carboxylic acids is 1. The first kappa shape index (κ1) is 22.5. The molecule has 0 atom stereocenters. The predicted molar refractivity (Wildman–Crippen MR) is 86.1 cm³/mol. The highest BCUT2D eigenvalue weighted by molar-refractivity contribution is 5.86. The first-order valence-corrected chi connectivity index (χ1v) is 8.39. The first-order chi connectivity index (χ1) is 12.7. The van der Waals surface area contributed by atoms with Crippen molar-refractivity contribution in [1.29, 1.82) is 0 Å². The zero-order chi connectivity index (χ0) is 20.6. The van der Waals surface area contributed by atoms with Crippen LogP contribution in [0.5, 0.6) is 0 Å². The summed E-state index contributed by atoms with van der Waals surface area (Å²) in [6.45, 7) is 5.54. The third-order valence-corrected chi connectivity index (χ3v) is 3.74. The second-order valence-electron chi connectivity index (χ2n) is 5.91. The molecule has 0 fully saturated rings. The van der Waals surface area contributed by atoms with Gasteiger partial charge in [-0.15, -0.1) is 0 Å². The number of halogens is 5. The summed E-state index contributed by atoms with van der Waals surface area (Å²) in [6.07, 6.45) is 9.69. The number of aryl methyl sites for hydroxylation is 2. The Balaban J connectivity index is 0.000000271. The number of aromatic nitrogens is 1. The molecule has 0 aliphatic carbocycles. The number of hydrogen-bond acceptors (Lipinski definition) is 2. The van der Waals surface area contributed by atoms with Crippen molar-refractivity contribution >= 4 is 5.97 Å². The highest BCUT2D eigenvalue weighted by Crippen LogP contribution is 2.22. The molecule has 0 saturated carbocycles. The lowest BCUT2D eigenvalue weighted by Gasteiger charge is -2.07. The maximum Gasteiger partial charge on any atom is 0.200 e. The molecule has 0 N–H and O–H groups in total. The van der Waals surface area contributed by atoms with E-state index in [1.165, 1.54) is 37.8 Å². The molecule has 0 unspecified atom stereocenters. The Morgan fingerprint density at radius 1 is 0.889 bits per heavy atom. The van der Waals surface area contributed by atoms with Crippen molar-refractivity contribution in [2.24, 2.45) is 0 Å². The van der Waals surface area contributed by atoms with Gasteiger partial charge in [-0.3, -0.25) is 0 Å². The lowest BCUT2D eigenvalue weighted by molar-refractivity contribution is -0.697. The fourth-order valence-corrected chi connectivity index (χ4v) is 2.19. The molecule has 0 amide bonds. The summed E-state index contributed by atoms with van der Waals surface area (Å²) in [7, 11) is 0. The summed E-state index contributed by atoms with van der Waals surface area (Å²) in [6, 6.07) is 4.33. The summed E-state index contributed by atoms with van der Waals surface area (Å²) in [5.41, 5.74) is -0.633. The van der Waals surface area contributed by atoms with E-state index in [2.05, 4.69) is 42.9 Å². The minimum atomic E-state index is -2.47. The zero-order valence-electron chi connectivity index (χ0n) is 15.0. The zero-order valence-corrected chi connectivity index (χ0v) is 15.0. The molecule has 3 nitrogen and oxygen atoms in total. The highest BCUT2D eigenvalue weighted by atomic mass is 19.2. The van der Waals surface area contributed by atoms with E-state index >= 15 is 0 Å². The highest BCUT2D eigenvalue weighted by Gasteiger charge is 2.25. The number of carbonyl (C=O) groups excluding carboxylic acids is 1. The number of pyridine rings is 1. The van der Waals surface area contributed by atoms with Crippen LogP contribution in [-0.2, 0) is 6.54 Å². The maximum atomic E-state index is 12.5. The Labute approximate surface area is 154 Å². The topological polar surface area (TPSA) is 44.0 Å². The molecule has 1 aromatic heterocycles. The van der Waals surface area contributed by atoms with Gasteiger partial charge < -0.3 is 9.90 Å². The molecule has 0 spiro atoms. The molecule has 1 aromatic carbocycles. The molecule has 1 heterocycles. The summed E-state index contributed by atoms with van der Waals surface area (Å²) < 4.78 is 64.2. The van der Waals surface area contributed by atoms with E-state index in [1.807, 2.05) is 0 Å². The second kappa shape index (κ2) is 10.6. The van der Waals surface area contributed by atoms with Gasteiger partial charge in [0.15, 0.2) is 35.7 Å². The fraction of sp³-hybridized carbons (Fsp3) is 0.368. The number of carboxylic acids is 1. The van der Waals surface area contributed by atoms with Crippen LogP contribution in [-0.4, -0.2) is 5.97 Å². The standard InChI is InChI=1S/C12H20N.C7HF5O2/c1-3-4-5-6-9-13-10-7-12(2)8-11-13;8-2-1(7(13)14)3(9)5(11)6(12)4(2)10/h7-8,10-11H,3-6,9H2,1-2H3;(H,13,14)/q+1;/p-1. The van der Waals surface area contributed by atoms with Crippen LogP contribution in [0.4, 0.5) is 22.0 Å². The number of hydrogen-bond donors (Lipinski definition) is 0. The number of unbranched alkanes of at least 4 members (excludes halogenated alkanes) is 3. The smallest absolute Gasteiger partial charge is 0.200 e. The van der Waals surface area contributed by atoms with Gasteiger partial charge in [-0.2, -0.15) is 0 Å². The lowest BCUT2D eigenvalue weighted by Crippen LogP contribution is -2.32. The van der Waals surface area contributed by atoms with Crippen LogP contribution in [0.2, 0.25) is 0 Å². The third-order valence-electron chi connectivity index (χ3n) is 3.74. The molecular formula is C19H20F5NO2. The van der Waals surface area contributed by atoms with E-state index in [0.717, 1.165) is 0 Å². The average molecular weight is 389 g/mol. The molecule has 0 aliphatic rings. The second-order valence-corrected chi connectivity index (χ2v) is 5.91. The van der Waals surface area contributed by atoms with Crippen molar-refractivity contribution in [2.45, 2.75) is 46.1 Å². The van der Waals surface area contributed by atoms with Crippen molar-refractivity contribution in [3.63, 3.8) is 0 Å². The Hall–Kier alpha value is -2.51. The van der Waals surface area contributed by atoms with Crippen molar-refractivity contribution in [3.05, 3.63) is 64.7 Å². The minimum absolute atomic E-state index is 1.17. The third kappa shape index (κ3) is 6.30. The molecule has 2 aromatic rings. The number of benzene rings is 1. The van der Waals surface area contributed by atoms with E-state index in [4.69, 9.17) is 0 Å². The Kier molecular flexibility index (Phi) is 8.84. The summed E-state index contributed by atoms with van der Waals surface area (Å²) >= 11 is 0. The summed E-state index contributed by atoms with van der Waals surface area (Å²) in [5, 5.41) is 10.0. The van der Waals surface area contributed by atoms with Crippen LogP contribution < -0.4 is 9.67 Å². The van der Waals surface area contributed by atoms with Gasteiger partial charge in [0.2, 0.25) is 5.82 Å². The molecule has 0 aliphatic heterocycles. The maximum absolute atomic E-state index is 12.5. The van der Waals surface area contributed by atoms with Gasteiger partial charge in [-0.1, -0.05) is 19.8 Å². The molecule has 148 valence electrons. The number of carbonyl (C=O) groups is 1. The van der Waals surface area contributed by atoms with Gasteiger partial charge in [-0.05, 0) is 18.9 Å². The van der Waals surface area contributed by atoms with Crippen LogP contribution in [0, 0.1) is 36.0 Å². The molecule has 8 heteroatoms. The first-order valence-electron chi connectivity index (χ1n) is 8.39. The SMILES string of the molecule is CCCCCC[n+]1ccc(C)cc1.O=C([O-])c1c(F)c(F)c(F)c(F)c1F. The van der Waals surface area contributed by atoms with Crippen molar-refractivity contribution in [3.8, 4) is 0 Å². The number of rotatable bonds is 6.